The van der Waals surface area contributed by atoms with E-state index in [-0.39, 0.29) is 18.7 Å². The van der Waals surface area contributed by atoms with Crippen molar-refractivity contribution in [2.24, 2.45) is 10.7 Å². The molecule has 1 atom stereocenters. The molecule has 2 N–H and O–H groups in total. The number of aryl methyl sites for hydroxylation is 1. The first-order valence-corrected chi connectivity index (χ1v) is 6.03. The number of rotatable bonds is 3. The molecule has 0 saturated carbocycles. The summed E-state index contributed by atoms with van der Waals surface area (Å²) in [6.07, 6.45) is 1.18. The molecule has 0 bridgehead atoms. The van der Waals surface area contributed by atoms with E-state index in [4.69, 9.17) is 19.9 Å². The Balaban J connectivity index is 1.68. The Hall–Kier alpha value is -2.24. The van der Waals surface area contributed by atoms with Crippen LogP contribution in [0.25, 0.3) is 0 Å². The molecule has 6 nitrogen and oxygen atoms in total. The van der Waals surface area contributed by atoms with E-state index in [1.165, 1.54) is 0 Å². The van der Waals surface area contributed by atoms with Crippen LogP contribution in [0, 0.1) is 0 Å². The number of aliphatic imine (C=N–C) groups is 1. The van der Waals surface area contributed by atoms with Gasteiger partial charge in [0.1, 0.15) is 0 Å². The molecule has 1 unspecified atom stereocenters. The fraction of sp³-hybridized carbons (Fsp3) is 0.385. The Morgan fingerprint density at radius 1 is 1.37 bits per heavy atom. The van der Waals surface area contributed by atoms with Gasteiger partial charge in [-0.25, -0.2) is 0 Å². The lowest BCUT2D eigenvalue weighted by Gasteiger charge is -2.20. The lowest BCUT2D eigenvalue weighted by Crippen LogP contribution is -2.35. The van der Waals surface area contributed by atoms with Gasteiger partial charge in [-0.1, -0.05) is 6.07 Å². The zero-order chi connectivity index (χ0) is 13.5. The smallest absolute Gasteiger partial charge is 0.294 e. The molecule has 0 aromatic heterocycles. The minimum absolute atomic E-state index is 0.0572. The van der Waals surface area contributed by atoms with Gasteiger partial charge in [-0.2, -0.15) is 4.99 Å². The van der Waals surface area contributed by atoms with Crippen LogP contribution in [0.1, 0.15) is 18.9 Å². The van der Waals surface area contributed by atoms with Crippen molar-refractivity contribution >= 4 is 11.9 Å². The average molecular weight is 262 g/mol. The molecule has 0 radical (unpaired) electrons. The Kier molecular flexibility index (Phi) is 2.58. The number of fused-ring (bicyclic) bond motifs is 1. The lowest BCUT2D eigenvalue weighted by molar-refractivity contribution is -0.129. The highest BCUT2D eigenvalue weighted by molar-refractivity contribution is 6.00. The van der Waals surface area contributed by atoms with Crippen LogP contribution in [-0.4, -0.2) is 24.3 Å². The molecule has 1 amide bonds. The van der Waals surface area contributed by atoms with Gasteiger partial charge >= 0.3 is 0 Å². The van der Waals surface area contributed by atoms with Gasteiger partial charge in [-0.3, -0.25) is 4.79 Å². The molecule has 19 heavy (non-hydrogen) atoms. The first kappa shape index (κ1) is 11.8. The monoisotopic (exact) mass is 262 g/mol. The molecule has 0 aliphatic carbocycles. The van der Waals surface area contributed by atoms with Crippen LogP contribution >= 0.6 is 0 Å². The lowest BCUT2D eigenvalue weighted by atomic mass is 9.96. The summed E-state index contributed by atoms with van der Waals surface area (Å²) < 4.78 is 15.9. The second-order valence-electron chi connectivity index (χ2n) is 4.78. The van der Waals surface area contributed by atoms with Gasteiger partial charge in [0.2, 0.25) is 6.79 Å². The number of nitrogens with zero attached hydrogens (tertiary/aromatic N) is 1. The molecular formula is C13H14N2O4. The quantitative estimate of drug-likeness (QED) is 0.877. The van der Waals surface area contributed by atoms with Crippen molar-refractivity contribution in [3.05, 3.63) is 23.8 Å². The number of amidine groups is 1. The van der Waals surface area contributed by atoms with Crippen LogP contribution in [0.5, 0.6) is 11.5 Å². The van der Waals surface area contributed by atoms with Gasteiger partial charge in [-0.05, 0) is 31.0 Å². The molecule has 3 rings (SSSR count). The predicted octanol–water partition coefficient (Wildman–Crippen LogP) is 0.978. The van der Waals surface area contributed by atoms with Gasteiger partial charge in [0.25, 0.3) is 11.9 Å². The maximum absolute atomic E-state index is 11.7. The second-order valence-corrected chi connectivity index (χ2v) is 4.78. The van der Waals surface area contributed by atoms with Crippen molar-refractivity contribution in [3.63, 3.8) is 0 Å². The van der Waals surface area contributed by atoms with E-state index in [1.54, 1.807) is 6.92 Å². The van der Waals surface area contributed by atoms with Gasteiger partial charge in [-0.15, -0.1) is 0 Å². The van der Waals surface area contributed by atoms with Gasteiger partial charge in [0, 0.05) is 6.42 Å². The summed E-state index contributed by atoms with van der Waals surface area (Å²) in [5.41, 5.74) is 5.50. The van der Waals surface area contributed by atoms with E-state index in [1.807, 2.05) is 18.2 Å². The third kappa shape index (κ3) is 2.09. The van der Waals surface area contributed by atoms with Crippen LogP contribution in [0.2, 0.25) is 0 Å². The summed E-state index contributed by atoms with van der Waals surface area (Å²) in [5.74, 6) is 1.15. The molecule has 0 saturated heterocycles. The molecular weight excluding hydrogens is 248 g/mol. The van der Waals surface area contributed by atoms with Crippen molar-refractivity contribution in [1.82, 2.24) is 0 Å². The summed E-state index contributed by atoms with van der Waals surface area (Å²) >= 11 is 0. The molecule has 2 heterocycles. The van der Waals surface area contributed by atoms with Crippen molar-refractivity contribution in [2.75, 3.05) is 6.79 Å². The standard InChI is InChI=1S/C13H14N2O4/c1-13(11(16)15-12(14)19-13)5-4-8-2-3-9-10(6-8)18-7-17-9/h2-3,6H,4-5,7H2,1H3,(H2,14,15,16). The molecule has 0 fully saturated rings. The number of benzene rings is 1. The largest absolute Gasteiger partial charge is 0.454 e. The van der Waals surface area contributed by atoms with Gasteiger partial charge in [0.15, 0.2) is 17.1 Å². The zero-order valence-electron chi connectivity index (χ0n) is 10.5. The average Bonchev–Trinajstić information content (AvgIpc) is 2.92. The number of nitrogens with two attached hydrogens (primary N) is 1. The fourth-order valence-corrected chi connectivity index (χ4v) is 2.15. The number of hydrogen-bond acceptors (Lipinski definition) is 5. The molecule has 0 spiro atoms. The molecule has 6 heteroatoms. The van der Waals surface area contributed by atoms with Crippen molar-refractivity contribution in [3.8, 4) is 11.5 Å². The highest BCUT2D eigenvalue weighted by atomic mass is 16.7. The fourth-order valence-electron chi connectivity index (χ4n) is 2.15. The SMILES string of the molecule is CC1(CCc2ccc3c(c2)OCO3)OC(N)=NC1=O. The van der Waals surface area contributed by atoms with Crippen molar-refractivity contribution in [2.45, 2.75) is 25.4 Å². The summed E-state index contributed by atoms with van der Waals surface area (Å²) in [6.45, 7) is 1.95. The third-order valence-corrected chi connectivity index (χ3v) is 3.32. The zero-order valence-corrected chi connectivity index (χ0v) is 10.5. The Morgan fingerprint density at radius 3 is 2.89 bits per heavy atom. The van der Waals surface area contributed by atoms with E-state index in [0.717, 1.165) is 17.1 Å². The van der Waals surface area contributed by atoms with Gasteiger partial charge < -0.3 is 19.9 Å². The molecule has 1 aromatic carbocycles. The molecule has 2 aliphatic heterocycles. The predicted molar refractivity (Wildman–Crippen MR) is 67.0 cm³/mol. The van der Waals surface area contributed by atoms with Gasteiger partial charge in [0.05, 0.1) is 0 Å². The van der Waals surface area contributed by atoms with E-state index in [2.05, 4.69) is 4.99 Å². The molecule has 100 valence electrons. The number of carbonyl (C=O) groups is 1. The van der Waals surface area contributed by atoms with Crippen LogP contribution in [0.15, 0.2) is 23.2 Å². The highest BCUT2D eigenvalue weighted by Gasteiger charge is 2.40. The highest BCUT2D eigenvalue weighted by Crippen LogP contribution is 2.33. The normalized spacial score (nSPS) is 24.3. The minimum atomic E-state index is -0.958. The van der Waals surface area contributed by atoms with Crippen LogP contribution in [0.3, 0.4) is 0 Å². The number of amides is 1. The van der Waals surface area contributed by atoms with Crippen LogP contribution in [0.4, 0.5) is 0 Å². The van der Waals surface area contributed by atoms with E-state index < -0.39 is 5.60 Å². The van der Waals surface area contributed by atoms with Crippen LogP contribution in [-0.2, 0) is 16.0 Å². The van der Waals surface area contributed by atoms with Crippen molar-refractivity contribution in [1.29, 1.82) is 0 Å². The maximum atomic E-state index is 11.7. The summed E-state index contributed by atoms with van der Waals surface area (Å²) in [4.78, 5) is 15.3. The summed E-state index contributed by atoms with van der Waals surface area (Å²) in [5, 5.41) is 0. The van der Waals surface area contributed by atoms with Crippen LogP contribution < -0.4 is 15.2 Å². The Labute approximate surface area is 110 Å². The minimum Gasteiger partial charge on any atom is -0.454 e. The third-order valence-electron chi connectivity index (χ3n) is 3.32. The summed E-state index contributed by atoms with van der Waals surface area (Å²) in [7, 11) is 0. The maximum Gasteiger partial charge on any atom is 0.294 e. The summed E-state index contributed by atoms with van der Waals surface area (Å²) in [6, 6.07) is 5.66. The van der Waals surface area contributed by atoms with E-state index in [0.29, 0.717) is 12.8 Å². The first-order chi connectivity index (χ1) is 9.07. The number of hydrogen-bond donors (Lipinski definition) is 1. The second kappa shape index (κ2) is 4.15. The first-order valence-electron chi connectivity index (χ1n) is 6.03. The van der Waals surface area contributed by atoms with E-state index in [9.17, 15) is 4.79 Å². The van der Waals surface area contributed by atoms with E-state index >= 15 is 0 Å². The topological polar surface area (TPSA) is 83.1 Å². The number of ether oxygens (including phenoxy) is 3. The number of carbonyl (C=O) groups excluding carboxylic acids is 1. The molecule has 1 aromatic rings. The van der Waals surface area contributed by atoms with Crippen molar-refractivity contribution < 1.29 is 19.0 Å². The Morgan fingerprint density at radius 2 is 2.16 bits per heavy atom. The Bertz CT molecular complexity index is 570. The molecule has 2 aliphatic rings.